The average Bonchev–Trinajstić information content (AvgIpc) is 3.70. The van der Waals surface area contributed by atoms with E-state index in [0.717, 1.165) is 28.0 Å². The quantitative estimate of drug-likeness (QED) is 0.176. The Morgan fingerprint density at radius 1 is 0.360 bits per heavy atom. The molecule has 11 rings (SSSR count). The minimum absolute atomic E-state index is 0.946. The molecule has 0 spiro atoms. The number of rotatable bonds is 4. The van der Waals surface area contributed by atoms with Gasteiger partial charge in [-0.3, -0.25) is 4.57 Å². The summed E-state index contributed by atoms with van der Waals surface area (Å²) < 4.78 is 4.79. The first-order valence-corrected chi connectivity index (χ1v) is 17.1. The van der Waals surface area contributed by atoms with Crippen LogP contribution in [0.25, 0.3) is 98.9 Å². The number of fused-ring (bicyclic) bond motifs is 4. The van der Waals surface area contributed by atoms with Gasteiger partial charge in [0.15, 0.2) is 0 Å². The predicted octanol–water partition coefficient (Wildman–Crippen LogP) is 12.4. The molecule has 0 unspecified atom stereocenters. The summed E-state index contributed by atoms with van der Waals surface area (Å²) in [5, 5.41) is 9.87. The molecule has 0 amide bonds. The highest BCUT2D eigenvalue weighted by atomic mass is 15.1. The van der Waals surface area contributed by atoms with E-state index in [1.54, 1.807) is 0 Å². The van der Waals surface area contributed by atoms with Crippen LogP contribution in [0, 0.1) is 0 Å². The molecule has 0 aliphatic rings. The molecule has 0 radical (unpaired) electrons. The van der Waals surface area contributed by atoms with Gasteiger partial charge in [-0.05, 0) is 75.3 Å². The molecule has 50 heavy (non-hydrogen) atoms. The molecule has 0 saturated heterocycles. The van der Waals surface area contributed by atoms with Crippen molar-refractivity contribution < 1.29 is 0 Å². The van der Waals surface area contributed by atoms with Gasteiger partial charge in [-0.2, -0.15) is 0 Å². The normalized spacial score (nSPS) is 12.0. The van der Waals surface area contributed by atoms with Gasteiger partial charge in [-0.15, -0.1) is 0 Å². The van der Waals surface area contributed by atoms with Crippen molar-refractivity contribution >= 4 is 65.2 Å². The van der Waals surface area contributed by atoms with Crippen molar-refractivity contribution in [3.05, 3.63) is 176 Å². The first-order chi connectivity index (χ1) is 24.8. The van der Waals surface area contributed by atoms with Crippen LogP contribution in [0.5, 0.6) is 0 Å². The minimum atomic E-state index is 0.946. The maximum atomic E-state index is 5.26. The van der Waals surface area contributed by atoms with Gasteiger partial charge in [-0.25, -0.2) is 4.98 Å². The highest BCUT2D eigenvalue weighted by Gasteiger charge is 2.21. The Kier molecular flexibility index (Phi) is 5.67. The second-order valence-corrected chi connectivity index (χ2v) is 13.2. The largest absolute Gasteiger partial charge is 0.309 e. The molecule has 3 heterocycles. The van der Waals surface area contributed by atoms with Crippen LogP contribution in [0.2, 0.25) is 0 Å². The molecular weight excluding hydrogens is 607 g/mol. The predicted molar refractivity (Wildman–Crippen MR) is 210 cm³/mol. The third-order valence-corrected chi connectivity index (χ3v) is 10.5. The Balaban J connectivity index is 1.20. The Labute approximate surface area is 288 Å². The number of benzene rings is 8. The van der Waals surface area contributed by atoms with Gasteiger partial charge in [0.1, 0.15) is 5.82 Å². The Morgan fingerprint density at radius 3 is 1.88 bits per heavy atom. The van der Waals surface area contributed by atoms with Crippen LogP contribution >= 0.6 is 0 Å². The number of nitrogens with zero attached hydrogens (tertiary/aromatic N) is 3. The summed E-state index contributed by atoms with van der Waals surface area (Å²) in [6.07, 6.45) is 2.05. The molecule has 0 aliphatic carbocycles. The van der Waals surface area contributed by atoms with Crippen LogP contribution in [0.15, 0.2) is 176 Å². The molecule has 232 valence electrons. The fourth-order valence-electron chi connectivity index (χ4n) is 8.30. The highest BCUT2D eigenvalue weighted by Crippen LogP contribution is 2.43. The van der Waals surface area contributed by atoms with Crippen molar-refractivity contribution in [2.24, 2.45) is 0 Å². The summed E-state index contributed by atoms with van der Waals surface area (Å²) in [6.45, 7) is 0. The first-order valence-electron chi connectivity index (χ1n) is 17.1. The Morgan fingerprint density at radius 2 is 1.02 bits per heavy atom. The van der Waals surface area contributed by atoms with E-state index in [4.69, 9.17) is 4.98 Å². The number of hydrogen-bond donors (Lipinski definition) is 0. The molecule has 0 atom stereocenters. The van der Waals surface area contributed by atoms with E-state index in [-0.39, 0.29) is 0 Å². The molecular formula is C47H29N3. The second kappa shape index (κ2) is 10.4. The summed E-state index contributed by atoms with van der Waals surface area (Å²) in [5.74, 6) is 0.946. The first kappa shape index (κ1) is 27.3. The Hall–Kier alpha value is -6.71. The molecule has 0 saturated carbocycles. The molecule has 0 N–H and O–H groups in total. The van der Waals surface area contributed by atoms with E-state index >= 15 is 0 Å². The molecule has 3 heteroatoms. The summed E-state index contributed by atoms with van der Waals surface area (Å²) in [6, 6.07) is 61.5. The molecule has 3 nitrogen and oxygen atoms in total. The number of aromatic nitrogens is 3. The summed E-state index contributed by atoms with van der Waals surface area (Å²) in [5.41, 5.74) is 10.6. The minimum Gasteiger partial charge on any atom is -0.309 e. The summed E-state index contributed by atoms with van der Waals surface area (Å²) in [7, 11) is 0. The van der Waals surface area contributed by atoms with E-state index in [0.29, 0.717) is 0 Å². The van der Waals surface area contributed by atoms with Crippen molar-refractivity contribution in [2.75, 3.05) is 0 Å². The monoisotopic (exact) mass is 635 g/mol. The zero-order chi connectivity index (χ0) is 32.8. The topological polar surface area (TPSA) is 22.8 Å². The average molecular weight is 636 g/mol. The summed E-state index contributed by atoms with van der Waals surface area (Å²) in [4.78, 5) is 5.26. The van der Waals surface area contributed by atoms with E-state index in [1.807, 2.05) is 6.20 Å². The SMILES string of the molecule is c1ccc(-c2cnc(-n3c4cccc5ccc6cc(-c7ccc8c9ccccc9n(-c9ccccc9)c8c7)cc3c6c54)c3ccccc23)cc1. The van der Waals surface area contributed by atoms with Crippen molar-refractivity contribution in [1.82, 2.24) is 14.1 Å². The van der Waals surface area contributed by atoms with Crippen LogP contribution in [0.3, 0.4) is 0 Å². The van der Waals surface area contributed by atoms with Crippen LogP contribution in [0.1, 0.15) is 0 Å². The molecule has 0 aliphatic heterocycles. The van der Waals surface area contributed by atoms with Crippen LogP contribution in [-0.4, -0.2) is 14.1 Å². The van der Waals surface area contributed by atoms with Gasteiger partial charge in [-0.1, -0.05) is 127 Å². The molecule has 0 bridgehead atoms. The van der Waals surface area contributed by atoms with Gasteiger partial charge in [0, 0.05) is 44.4 Å². The van der Waals surface area contributed by atoms with Crippen molar-refractivity contribution in [3.8, 4) is 33.8 Å². The lowest BCUT2D eigenvalue weighted by molar-refractivity contribution is 1.10. The standard InChI is InChI=1S/C47H29N3/c1-3-12-30(13-4-1)40-29-48-47(39-19-8-7-17-36(39)40)50-42-21-11-14-31-22-23-33-26-34(28-44(50)46(33)45(31)42)32-24-25-38-37-18-9-10-20-41(37)49(43(38)27-32)35-15-5-2-6-16-35/h1-29H. The third kappa shape index (κ3) is 3.83. The smallest absolute Gasteiger partial charge is 0.145 e. The zero-order valence-corrected chi connectivity index (χ0v) is 27.1. The lowest BCUT2D eigenvalue weighted by Gasteiger charge is -2.14. The zero-order valence-electron chi connectivity index (χ0n) is 27.1. The van der Waals surface area contributed by atoms with Crippen LogP contribution < -0.4 is 0 Å². The van der Waals surface area contributed by atoms with Gasteiger partial charge >= 0.3 is 0 Å². The van der Waals surface area contributed by atoms with Gasteiger partial charge < -0.3 is 4.57 Å². The van der Waals surface area contributed by atoms with Gasteiger partial charge in [0.25, 0.3) is 0 Å². The van der Waals surface area contributed by atoms with Gasteiger partial charge in [0.05, 0.1) is 22.1 Å². The van der Waals surface area contributed by atoms with Crippen molar-refractivity contribution in [2.45, 2.75) is 0 Å². The van der Waals surface area contributed by atoms with Crippen molar-refractivity contribution in [1.29, 1.82) is 0 Å². The highest BCUT2D eigenvalue weighted by molar-refractivity contribution is 6.25. The van der Waals surface area contributed by atoms with E-state index < -0.39 is 0 Å². The lowest BCUT2D eigenvalue weighted by atomic mass is 9.97. The molecule has 3 aromatic heterocycles. The van der Waals surface area contributed by atoms with Crippen LogP contribution in [0.4, 0.5) is 0 Å². The maximum Gasteiger partial charge on any atom is 0.145 e. The molecule has 11 aromatic rings. The fourth-order valence-corrected chi connectivity index (χ4v) is 8.30. The fraction of sp³-hybridized carbons (Fsp3) is 0. The lowest BCUT2D eigenvalue weighted by Crippen LogP contribution is -2.00. The molecule has 8 aromatic carbocycles. The van der Waals surface area contributed by atoms with Crippen molar-refractivity contribution in [3.63, 3.8) is 0 Å². The third-order valence-electron chi connectivity index (χ3n) is 10.5. The number of para-hydroxylation sites is 2. The second-order valence-electron chi connectivity index (χ2n) is 13.2. The van der Waals surface area contributed by atoms with Gasteiger partial charge in [0.2, 0.25) is 0 Å². The number of pyridine rings is 1. The Bertz CT molecular complexity index is 3080. The molecule has 0 fully saturated rings. The summed E-state index contributed by atoms with van der Waals surface area (Å²) >= 11 is 0. The van der Waals surface area contributed by atoms with E-state index in [9.17, 15) is 0 Å². The van der Waals surface area contributed by atoms with E-state index in [2.05, 4.69) is 179 Å². The van der Waals surface area contributed by atoms with Crippen LogP contribution in [-0.2, 0) is 0 Å². The van der Waals surface area contributed by atoms with E-state index in [1.165, 1.54) is 70.9 Å². The number of hydrogen-bond acceptors (Lipinski definition) is 1. The maximum absolute atomic E-state index is 5.26.